The van der Waals surface area contributed by atoms with Gasteiger partial charge in [-0.1, -0.05) is 17.7 Å². The summed E-state index contributed by atoms with van der Waals surface area (Å²) in [6, 6.07) is 14.4. The molecule has 1 saturated heterocycles. The molecule has 5 N–H and O–H groups in total. The number of aryl methyl sites for hydroxylation is 1. The van der Waals surface area contributed by atoms with Crippen LogP contribution in [0.5, 0.6) is 0 Å². The van der Waals surface area contributed by atoms with Crippen LogP contribution in [0.15, 0.2) is 48.5 Å². The second-order valence-corrected chi connectivity index (χ2v) is 8.39. The van der Waals surface area contributed by atoms with Gasteiger partial charge >= 0.3 is 6.03 Å². The van der Waals surface area contributed by atoms with Crippen LogP contribution >= 0.6 is 0 Å². The van der Waals surface area contributed by atoms with Crippen molar-refractivity contribution in [2.24, 2.45) is 5.73 Å². The molecule has 0 unspecified atom stereocenters. The first kappa shape index (κ1) is 23.6. The molecular weight excluding hydrogens is 402 g/mol. The molecule has 1 aliphatic heterocycles. The fourth-order valence-electron chi connectivity index (χ4n) is 3.86. The van der Waals surface area contributed by atoms with Gasteiger partial charge in [-0.15, -0.1) is 0 Å². The van der Waals surface area contributed by atoms with E-state index in [-0.39, 0.29) is 5.91 Å². The van der Waals surface area contributed by atoms with Crippen molar-refractivity contribution in [3.8, 4) is 0 Å². The van der Waals surface area contributed by atoms with E-state index in [1.165, 1.54) is 24.9 Å². The molecule has 0 bridgehead atoms. The van der Waals surface area contributed by atoms with Crippen molar-refractivity contribution < 1.29 is 9.59 Å². The molecule has 2 aromatic rings. The van der Waals surface area contributed by atoms with Crippen molar-refractivity contribution in [2.45, 2.75) is 51.5 Å². The molecule has 1 atom stereocenters. The highest BCUT2D eigenvalue weighted by atomic mass is 16.2. The van der Waals surface area contributed by atoms with E-state index in [2.05, 4.69) is 20.9 Å². The summed E-state index contributed by atoms with van der Waals surface area (Å²) in [6.45, 7) is 4.70. The predicted molar refractivity (Wildman–Crippen MR) is 131 cm³/mol. The Labute approximate surface area is 190 Å². The Bertz CT molecular complexity index is 861. The summed E-state index contributed by atoms with van der Waals surface area (Å²) >= 11 is 0. The molecule has 0 aromatic heterocycles. The highest BCUT2D eigenvalue weighted by Gasteiger charge is 2.21. The van der Waals surface area contributed by atoms with Gasteiger partial charge in [-0.25, -0.2) is 4.79 Å². The minimum atomic E-state index is -0.643. The lowest BCUT2D eigenvalue weighted by Gasteiger charge is -2.28. The highest BCUT2D eigenvalue weighted by molar-refractivity contribution is 5.99. The number of hydrogen-bond donors (Lipinski definition) is 4. The molecule has 0 spiro atoms. The molecule has 3 amide bonds. The molecule has 0 saturated carbocycles. The van der Waals surface area contributed by atoms with Crippen molar-refractivity contribution in [1.82, 2.24) is 5.32 Å². The maximum absolute atomic E-state index is 12.8. The number of unbranched alkanes of at least 4 members (excludes halogenated alkanes) is 1. The van der Waals surface area contributed by atoms with E-state index in [0.29, 0.717) is 24.3 Å². The molecule has 172 valence electrons. The Morgan fingerprint density at radius 2 is 1.53 bits per heavy atom. The standard InChI is InChI=1S/C25H35N5O2/c1-19-8-10-20(11-9-19)27-24(31)23(7-3-4-16-26)29-25(32)28-21-12-14-22(15-13-21)30-17-5-2-6-18-30/h8-15,23H,2-7,16-18,26H2,1H3,(H,27,31)(H2,28,29,32)/t23-/m0/s1. The molecule has 32 heavy (non-hydrogen) atoms. The summed E-state index contributed by atoms with van der Waals surface area (Å²) in [5.41, 5.74) is 9.29. The zero-order valence-corrected chi connectivity index (χ0v) is 18.9. The zero-order valence-electron chi connectivity index (χ0n) is 18.9. The number of carbonyl (C=O) groups excluding carboxylic acids is 2. The number of nitrogens with one attached hydrogen (secondary N) is 3. The van der Waals surface area contributed by atoms with Gasteiger partial charge in [0.1, 0.15) is 6.04 Å². The van der Waals surface area contributed by atoms with E-state index in [1.54, 1.807) is 0 Å². The van der Waals surface area contributed by atoms with Gasteiger partial charge in [0.25, 0.3) is 0 Å². The second kappa shape index (κ2) is 12.1. The average Bonchev–Trinajstić information content (AvgIpc) is 2.81. The maximum atomic E-state index is 12.8. The van der Waals surface area contributed by atoms with Crippen LogP contribution in [0, 0.1) is 6.92 Å². The first-order valence-electron chi connectivity index (χ1n) is 11.6. The number of anilines is 3. The minimum Gasteiger partial charge on any atom is -0.372 e. The summed E-state index contributed by atoms with van der Waals surface area (Å²) < 4.78 is 0. The van der Waals surface area contributed by atoms with Crippen LogP contribution in [0.3, 0.4) is 0 Å². The summed E-state index contributed by atoms with van der Waals surface area (Å²) in [6.07, 6.45) is 5.82. The molecule has 1 aliphatic rings. The fourth-order valence-corrected chi connectivity index (χ4v) is 3.86. The van der Waals surface area contributed by atoms with Crippen LogP contribution in [0.4, 0.5) is 21.9 Å². The van der Waals surface area contributed by atoms with Gasteiger partial charge in [-0.05, 0) is 88.4 Å². The van der Waals surface area contributed by atoms with E-state index in [0.717, 1.165) is 31.5 Å². The summed E-state index contributed by atoms with van der Waals surface area (Å²) in [5.74, 6) is -0.235. The second-order valence-electron chi connectivity index (χ2n) is 8.39. The minimum absolute atomic E-state index is 0.235. The summed E-state index contributed by atoms with van der Waals surface area (Å²) in [4.78, 5) is 27.8. The van der Waals surface area contributed by atoms with Gasteiger partial charge < -0.3 is 26.6 Å². The number of nitrogens with two attached hydrogens (primary N) is 1. The lowest BCUT2D eigenvalue weighted by molar-refractivity contribution is -0.118. The quantitative estimate of drug-likeness (QED) is 0.441. The van der Waals surface area contributed by atoms with Gasteiger partial charge in [0.2, 0.25) is 5.91 Å². The smallest absolute Gasteiger partial charge is 0.319 e. The van der Waals surface area contributed by atoms with Gasteiger partial charge in [0, 0.05) is 30.2 Å². The first-order chi connectivity index (χ1) is 15.5. The van der Waals surface area contributed by atoms with Crippen LogP contribution in [0.25, 0.3) is 0 Å². The van der Waals surface area contributed by atoms with Gasteiger partial charge in [0.05, 0.1) is 0 Å². The predicted octanol–water partition coefficient (Wildman–Crippen LogP) is 4.24. The van der Waals surface area contributed by atoms with E-state index < -0.39 is 12.1 Å². The number of rotatable bonds is 9. The molecule has 2 aromatic carbocycles. The first-order valence-corrected chi connectivity index (χ1v) is 11.6. The Morgan fingerprint density at radius 3 is 2.19 bits per heavy atom. The number of hydrogen-bond acceptors (Lipinski definition) is 4. The van der Waals surface area contributed by atoms with E-state index in [4.69, 9.17) is 5.73 Å². The number of carbonyl (C=O) groups is 2. The molecule has 7 nitrogen and oxygen atoms in total. The van der Waals surface area contributed by atoms with E-state index in [9.17, 15) is 9.59 Å². The molecule has 1 heterocycles. The number of urea groups is 1. The maximum Gasteiger partial charge on any atom is 0.319 e. The third-order valence-corrected chi connectivity index (χ3v) is 5.73. The van der Waals surface area contributed by atoms with Crippen LogP contribution < -0.4 is 26.6 Å². The largest absolute Gasteiger partial charge is 0.372 e. The highest BCUT2D eigenvalue weighted by Crippen LogP contribution is 2.21. The zero-order chi connectivity index (χ0) is 22.8. The lowest BCUT2D eigenvalue weighted by Crippen LogP contribution is -2.45. The normalized spacial score (nSPS) is 14.5. The van der Waals surface area contributed by atoms with Crippen LogP contribution in [0.1, 0.15) is 44.1 Å². The number of nitrogens with zero attached hydrogens (tertiary/aromatic N) is 1. The SMILES string of the molecule is Cc1ccc(NC(=O)[C@H](CCCCN)NC(=O)Nc2ccc(N3CCCCC3)cc2)cc1. The summed E-state index contributed by atoms with van der Waals surface area (Å²) in [7, 11) is 0. The number of amides is 3. The van der Waals surface area contributed by atoms with Crippen molar-refractivity contribution in [3.63, 3.8) is 0 Å². The third kappa shape index (κ3) is 7.27. The third-order valence-electron chi connectivity index (χ3n) is 5.73. The average molecular weight is 438 g/mol. The van der Waals surface area contributed by atoms with Gasteiger partial charge in [-0.3, -0.25) is 4.79 Å². The number of benzene rings is 2. The number of piperidine rings is 1. The van der Waals surface area contributed by atoms with Crippen molar-refractivity contribution >= 4 is 29.0 Å². The van der Waals surface area contributed by atoms with Gasteiger partial charge in [-0.2, -0.15) is 0 Å². The molecule has 3 rings (SSSR count). The molecular formula is C25H35N5O2. The Balaban J connectivity index is 1.57. The summed E-state index contributed by atoms with van der Waals surface area (Å²) in [5, 5.41) is 8.56. The van der Waals surface area contributed by atoms with Crippen LogP contribution in [-0.4, -0.2) is 37.6 Å². The molecule has 0 aliphatic carbocycles. The fraction of sp³-hybridized carbons (Fsp3) is 0.440. The van der Waals surface area contributed by atoms with Crippen molar-refractivity contribution in [2.75, 3.05) is 35.2 Å². The topological polar surface area (TPSA) is 99.5 Å². The van der Waals surface area contributed by atoms with Crippen molar-refractivity contribution in [1.29, 1.82) is 0 Å². The molecule has 0 radical (unpaired) electrons. The monoisotopic (exact) mass is 437 g/mol. The molecule has 1 fully saturated rings. The Hall–Kier alpha value is -3.06. The van der Waals surface area contributed by atoms with Crippen LogP contribution in [0.2, 0.25) is 0 Å². The van der Waals surface area contributed by atoms with E-state index >= 15 is 0 Å². The van der Waals surface area contributed by atoms with Crippen LogP contribution in [-0.2, 0) is 4.79 Å². The molecule has 7 heteroatoms. The van der Waals surface area contributed by atoms with Crippen molar-refractivity contribution in [3.05, 3.63) is 54.1 Å². The lowest BCUT2D eigenvalue weighted by atomic mass is 10.1. The van der Waals surface area contributed by atoms with Gasteiger partial charge in [0.15, 0.2) is 0 Å². The van der Waals surface area contributed by atoms with E-state index in [1.807, 2.05) is 55.5 Å². The Kier molecular flexibility index (Phi) is 8.92. The Morgan fingerprint density at radius 1 is 0.906 bits per heavy atom.